The molecule has 0 saturated carbocycles. The number of nitrogens with one attached hydrogen (secondary N) is 1. The monoisotopic (exact) mass is 358 g/mol. The van der Waals surface area contributed by atoms with Crippen molar-refractivity contribution in [3.05, 3.63) is 95.1 Å². The molecule has 0 bridgehead atoms. The van der Waals surface area contributed by atoms with Gasteiger partial charge in [-0.25, -0.2) is 0 Å². The lowest BCUT2D eigenvalue weighted by Crippen LogP contribution is -2.15. The number of aliphatic hydroxyl groups excluding tert-OH is 1. The van der Waals surface area contributed by atoms with Crippen molar-refractivity contribution in [2.45, 2.75) is 18.9 Å². The topological polar surface area (TPSA) is 75.3 Å². The zero-order valence-electron chi connectivity index (χ0n) is 14.9. The van der Waals surface area contributed by atoms with Crippen LogP contribution in [0.4, 0.5) is 11.4 Å². The molecule has 0 saturated heterocycles. The van der Waals surface area contributed by atoms with E-state index in [4.69, 9.17) is 5.73 Å². The maximum Gasteiger partial charge on any atom is 0.255 e. The van der Waals surface area contributed by atoms with Crippen molar-refractivity contribution in [2.75, 3.05) is 11.1 Å². The maximum atomic E-state index is 12.4. The fourth-order valence-electron chi connectivity index (χ4n) is 3.73. The van der Waals surface area contributed by atoms with E-state index in [9.17, 15) is 9.90 Å². The summed E-state index contributed by atoms with van der Waals surface area (Å²) in [7, 11) is 0. The number of hydrogen-bond donors (Lipinski definition) is 3. The molecule has 0 aliphatic heterocycles. The Labute approximate surface area is 158 Å². The summed E-state index contributed by atoms with van der Waals surface area (Å²) in [5.74, 6) is -0.0478. The second kappa shape index (κ2) is 7.25. The van der Waals surface area contributed by atoms with Crippen LogP contribution >= 0.6 is 0 Å². The molecule has 0 fully saturated rings. The molecule has 1 amide bonds. The van der Waals surface area contributed by atoms with E-state index in [1.807, 2.05) is 36.4 Å². The first-order valence-electron chi connectivity index (χ1n) is 9.12. The molecule has 4 rings (SSSR count). The predicted molar refractivity (Wildman–Crippen MR) is 108 cm³/mol. The van der Waals surface area contributed by atoms with Gasteiger partial charge in [-0.1, -0.05) is 48.5 Å². The summed E-state index contributed by atoms with van der Waals surface area (Å²) in [5, 5.41) is 13.6. The van der Waals surface area contributed by atoms with Gasteiger partial charge < -0.3 is 16.2 Å². The molecule has 3 aromatic carbocycles. The van der Waals surface area contributed by atoms with Crippen LogP contribution in [0.2, 0.25) is 0 Å². The van der Waals surface area contributed by atoms with Gasteiger partial charge in [-0.05, 0) is 59.7 Å². The number of para-hydroxylation sites is 2. The zero-order valence-corrected chi connectivity index (χ0v) is 14.9. The van der Waals surface area contributed by atoms with Crippen molar-refractivity contribution in [3.63, 3.8) is 0 Å². The number of nitrogen functional groups attached to an aromatic ring is 1. The van der Waals surface area contributed by atoms with Crippen LogP contribution in [0, 0.1) is 5.92 Å². The minimum Gasteiger partial charge on any atom is -0.397 e. The third-order valence-corrected chi connectivity index (χ3v) is 5.25. The number of fused-ring (bicyclic) bond motifs is 1. The van der Waals surface area contributed by atoms with E-state index in [1.54, 1.807) is 24.3 Å². The van der Waals surface area contributed by atoms with Crippen LogP contribution in [0.5, 0.6) is 0 Å². The Kier molecular flexibility index (Phi) is 4.65. The number of benzene rings is 3. The van der Waals surface area contributed by atoms with Gasteiger partial charge in [-0.3, -0.25) is 4.79 Å². The van der Waals surface area contributed by atoms with Crippen molar-refractivity contribution in [1.82, 2.24) is 0 Å². The zero-order chi connectivity index (χ0) is 18.8. The van der Waals surface area contributed by atoms with Crippen molar-refractivity contribution in [2.24, 2.45) is 5.92 Å². The second-order valence-corrected chi connectivity index (χ2v) is 7.05. The summed E-state index contributed by atoms with van der Waals surface area (Å²) in [4.78, 5) is 12.4. The summed E-state index contributed by atoms with van der Waals surface area (Å²) in [6.07, 6.45) is 1.22. The minimum atomic E-state index is -0.542. The van der Waals surface area contributed by atoms with Crippen molar-refractivity contribution < 1.29 is 9.90 Å². The van der Waals surface area contributed by atoms with Gasteiger partial charge in [0.2, 0.25) is 0 Å². The molecule has 1 aliphatic carbocycles. The molecule has 136 valence electrons. The molecule has 4 N–H and O–H groups in total. The Morgan fingerprint density at radius 2 is 1.52 bits per heavy atom. The average molecular weight is 358 g/mol. The van der Waals surface area contributed by atoms with Crippen LogP contribution in [0.1, 0.15) is 33.2 Å². The molecule has 4 nitrogen and oxygen atoms in total. The number of aliphatic hydroxyl groups is 1. The van der Waals surface area contributed by atoms with Crippen LogP contribution in [0.25, 0.3) is 0 Å². The summed E-state index contributed by atoms with van der Waals surface area (Å²) in [6, 6.07) is 22.7. The predicted octanol–water partition coefficient (Wildman–Crippen LogP) is 3.97. The van der Waals surface area contributed by atoms with E-state index in [-0.39, 0.29) is 11.8 Å². The molecular formula is C23H22N2O2. The van der Waals surface area contributed by atoms with Crippen LogP contribution in [-0.2, 0) is 12.8 Å². The summed E-state index contributed by atoms with van der Waals surface area (Å²) >= 11 is 0. The highest BCUT2D eigenvalue weighted by Crippen LogP contribution is 2.35. The van der Waals surface area contributed by atoms with Gasteiger partial charge in [0.05, 0.1) is 17.5 Å². The van der Waals surface area contributed by atoms with Crippen LogP contribution in [0.3, 0.4) is 0 Å². The third kappa shape index (κ3) is 3.57. The van der Waals surface area contributed by atoms with Gasteiger partial charge >= 0.3 is 0 Å². The lowest BCUT2D eigenvalue weighted by Gasteiger charge is -2.18. The largest absolute Gasteiger partial charge is 0.397 e. The van der Waals surface area contributed by atoms with E-state index < -0.39 is 6.10 Å². The highest BCUT2D eigenvalue weighted by molar-refractivity contribution is 6.05. The number of carbonyl (C=O) groups is 1. The number of hydrogen-bond acceptors (Lipinski definition) is 3. The normalized spacial score (nSPS) is 14.6. The molecule has 1 unspecified atom stereocenters. The molecule has 0 heterocycles. The first-order valence-corrected chi connectivity index (χ1v) is 9.12. The van der Waals surface area contributed by atoms with Gasteiger partial charge in [0.1, 0.15) is 0 Å². The summed E-state index contributed by atoms with van der Waals surface area (Å²) < 4.78 is 0. The Balaban J connectivity index is 1.44. The van der Waals surface area contributed by atoms with Gasteiger partial charge in [0, 0.05) is 5.56 Å². The van der Waals surface area contributed by atoms with Gasteiger partial charge in [0.15, 0.2) is 0 Å². The lowest BCUT2D eigenvalue weighted by atomic mass is 9.92. The first-order chi connectivity index (χ1) is 13.1. The standard InChI is InChI=1S/C23H22N2O2/c24-20-7-3-4-8-21(20)25-23(27)16-11-9-15(10-12-16)22(26)19-13-17-5-1-2-6-18(17)14-19/h1-12,19,22,26H,13-14,24H2,(H,25,27). The number of amides is 1. The van der Waals surface area contributed by atoms with Gasteiger partial charge in [0.25, 0.3) is 5.91 Å². The quantitative estimate of drug-likeness (QED) is 0.618. The molecule has 0 radical (unpaired) electrons. The minimum absolute atomic E-state index is 0.172. The molecule has 4 heteroatoms. The van der Waals surface area contributed by atoms with E-state index in [0.717, 1.165) is 18.4 Å². The molecule has 1 aliphatic rings. The van der Waals surface area contributed by atoms with E-state index >= 15 is 0 Å². The van der Waals surface area contributed by atoms with E-state index in [2.05, 4.69) is 17.4 Å². The summed E-state index contributed by atoms with van der Waals surface area (Å²) in [6.45, 7) is 0. The van der Waals surface area contributed by atoms with Crippen molar-refractivity contribution in [3.8, 4) is 0 Å². The number of carbonyl (C=O) groups excluding carboxylic acids is 1. The van der Waals surface area contributed by atoms with Crippen LogP contribution in [0.15, 0.2) is 72.8 Å². The average Bonchev–Trinajstić information content (AvgIpc) is 3.13. The maximum absolute atomic E-state index is 12.4. The third-order valence-electron chi connectivity index (χ3n) is 5.25. The molecule has 0 spiro atoms. The van der Waals surface area contributed by atoms with Gasteiger partial charge in [-0.2, -0.15) is 0 Å². The fourth-order valence-corrected chi connectivity index (χ4v) is 3.73. The van der Waals surface area contributed by atoms with Gasteiger partial charge in [-0.15, -0.1) is 0 Å². The number of rotatable bonds is 4. The van der Waals surface area contributed by atoms with E-state index in [1.165, 1.54) is 11.1 Å². The highest BCUT2D eigenvalue weighted by atomic mass is 16.3. The highest BCUT2D eigenvalue weighted by Gasteiger charge is 2.28. The van der Waals surface area contributed by atoms with Crippen molar-refractivity contribution in [1.29, 1.82) is 0 Å². The van der Waals surface area contributed by atoms with Crippen LogP contribution < -0.4 is 11.1 Å². The number of anilines is 2. The molecule has 27 heavy (non-hydrogen) atoms. The first kappa shape index (κ1) is 17.3. The number of nitrogens with two attached hydrogens (primary N) is 1. The SMILES string of the molecule is Nc1ccccc1NC(=O)c1ccc(C(O)C2Cc3ccccc3C2)cc1. The van der Waals surface area contributed by atoms with Crippen molar-refractivity contribution >= 4 is 17.3 Å². The Morgan fingerprint density at radius 3 is 2.15 bits per heavy atom. The Bertz CT molecular complexity index is 941. The molecule has 1 atom stereocenters. The lowest BCUT2D eigenvalue weighted by molar-refractivity contribution is 0.102. The smallest absolute Gasteiger partial charge is 0.255 e. The molecule has 0 aromatic heterocycles. The van der Waals surface area contributed by atoms with E-state index in [0.29, 0.717) is 16.9 Å². The van der Waals surface area contributed by atoms with Crippen LogP contribution in [-0.4, -0.2) is 11.0 Å². The summed E-state index contributed by atoms with van der Waals surface area (Å²) in [5.41, 5.74) is 11.0. The molecular weight excluding hydrogens is 336 g/mol. The Morgan fingerprint density at radius 1 is 0.926 bits per heavy atom. The molecule has 3 aromatic rings. The Hall–Kier alpha value is -3.11. The second-order valence-electron chi connectivity index (χ2n) is 7.05. The fraction of sp³-hybridized carbons (Fsp3) is 0.174.